The first kappa shape index (κ1) is 11.9. The lowest BCUT2D eigenvalue weighted by Crippen LogP contribution is -2.20. The quantitative estimate of drug-likeness (QED) is 0.710. The third-order valence-electron chi connectivity index (χ3n) is 4.06. The molecule has 0 unspecified atom stereocenters. The zero-order chi connectivity index (χ0) is 11.5. The van der Waals surface area contributed by atoms with E-state index in [1.165, 1.54) is 12.0 Å². The van der Waals surface area contributed by atoms with E-state index in [9.17, 15) is 13.9 Å². The van der Waals surface area contributed by atoms with E-state index in [0.717, 1.165) is 38.5 Å². The van der Waals surface area contributed by atoms with Gasteiger partial charge in [0.25, 0.3) is 0 Å². The van der Waals surface area contributed by atoms with Crippen molar-refractivity contribution in [3.05, 3.63) is 11.3 Å². The first-order valence-electron chi connectivity index (χ1n) is 6.36. The molecule has 0 radical (unpaired) electrons. The average Bonchev–Trinajstić information content (AvgIpc) is 2.15. The first-order valence-corrected chi connectivity index (χ1v) is 6.36. The van der Waals surface area contributed by atoms with Gasteiger partial charge in [0.05, 0.1) is 5.76 Å². The molecule has 2 saturated carbocycles. The summed E-state index contributed by atoms with van der Waals surface area (Å²) in [6.07, 6.45) is 4.66. The third-order valence-corrected chi connectivity index (χ3v) is 4.06. The second kappa shape index (κ2) is 5.15. The Balaban J connectivity index is 1.81. The molecule has 2 rings (SSSR count). The van der Waals surface area contributed by atoms with E-state index in [0.29, 0.717) is 5.76 Å². The Morgan fingerprint density at radius 3 is 2.25 bits per heavy atom. The summed E-state index contributed by atoms with van der Waals surface area (Å²) >= 11 is 0. The van der Waals surface area contributed by atoms with Crippen LogP contribution in [-0.2, 0) is 0 Å². The van der Waals surface area contributed by atoms with Crippen molar-refractivity contribution in [2.75, 3.05) is 0 Å². The van der Waals surface area contributed by atoms with E-state index in [2.05, 4.69) is 0 Å². The number of alkyl halides is 2. The summed E-state index contributed by atoms with van der Waals surface area (Å²) in [5, 5.41) is 9.99. The maximum Gasteiger partial charge on any atom is 0.238 e. The summed E-state index contributed by atoms with van der Waals surface area (Å²) in [5.74, 6) is 1.04. The molecule has 0 aliphatic heterocycles. The molecule has 0 saturated heterocycles. The van der Waals surface area contributed by atoms with Gasteiger partial charge >= 0.3 is 0 Å². The van der Waals surface area contributed by atoms with Gasteiger partial charge in [-0.2, -0.15) is 0 Å². The van der Waals surface area contributed by atoms with Gasteiger partial charge in [-0.15, -0.1) is 0 Å². The molecule has 0 aromatic rings. The number of aliphatic hydroxyl groups is 1. The molecule has 2 aliphatic rings. The SMILES string of the molecule is OC(=C1CCC1)C1CCC(CC(F)F)CC1. The van der Waals surface area contributed by atoms with Crippen LogP contribution in [0, 0.1) is 11.8 Å². The molecule has 0 aromatic heterocycles. The van der Waals surface area contributed by atoms with Crippen molar-refractivity contribution in [2.45, 2.75) is 57.8 Å². The second-order valence-electron chi connectivity index (χ2n) is 5.19. The topological polar surface area (TPSA) is 20.2 Å². The smallest absolute Gasteiger partial charge is 0.238 e. The van der Waals surface area contributed by atoms with Gasteiger partial charge in [0.15, 0.2) is 0 Å². The minimum Gasteiger partial charge on any atom is -0.512 e. The van der Waals surface area contributed by atoms with E-state index in [1.807, 2.05) is 0 Å². The van der Waals surface area contributed by atoms with Crippen LogP contribution in [0.4, 0.5) is 8.78 Å². The summed E-state index contributed by atoms with van der Waals surface area (Å²) in [4.78, 5) is 0. The molecule has 2 aliphatic carbocycles. The highest BCUT2D eigenvalue weighted by atomic mass is 19.3. The van der Waals surface area contributed by atoms with Gasteiger partial charge in [0, 0.05) is 12.3 Å². The maximum absolute atomic E-state index is 12.2. The molecule has 0 bridgehead atoms. The third kappa shape index (κ3) is 2.74. The van der Waals surface area contributed by atoms with Crippen LogP contribution in [-0.4, -0.2) is 11.5 Å². The minimum absolute atomic E-state index is 0.0457. The van der Waals surface area contributed by atoms with E-state index in [4.69, 9.17) is 0 Å². The lowest BCUT2D eigenvalue weighted by atomic mass is 9.77. The molecule has 16 heavy (non-hydrogen) atoms. The Bertz CT molecular complexity index is 259. The fourth-order valence-corrected chi connectivity index (χ4v) is 2.82. The molecule has 0 heterocycles. The number of allylic oxidation sites excluding steroid dienone is 2. The normalized spacial score (nSPS) is 30.3. The fourth-order valence-electron chi connectivity index (χ4n) is 2.82. The number of halogens is 2. The lowest BCUT2D eigenvalue weighted by molar-refractivity contribution is 0.0962. The van der Waals surface area contributed by atoms with Crippen LogP contribution in [0.1, 0.15) is 51.4 Å². The zero-order valence-electron chi connectivity index (χ0n) is 9.59. The fraction of sp³-hybridized carbons (Fsp3) is 0.846. The summed E-state index contributed by atoms with van der Waals surface area (Å²) in [7, 11) is 0. The molecule has 0 aromatic carbocycles. The number of hydrogen-bond donors (Lipinski definition) is 1. The molecule has 0 atom stereocenters. The van der Waals surface area contributed by atoms with Crippen LogP contribution in [0.2, 0.25) is 0 Å². The van der Waals surface area contributed by atoms with Crippen LogP contribution in [0.25, 0.3) is 0 Å². The van der Waals surface area contributed by atoms with Crippen molar-refractivity contribution in [2.24, 2.45) is 11.8 Å². The van der Waals surface area contributed by atoms with E-state index in [-0.39, 0.29) is 18.3 Å². The van der Waals surface area contributed by atoms with Crippen molar-refractivity contribution >= 4 is 0 Å². The molecule has 0 amide bonds. The van der Waals surface area contributed by atoms with Gasteiger partial charge in [-0.25, -0.2) is 8.78 Å². The van der Waals surface area contributed by atoms with Crippen molar-refractivity contribution in [3.8, 4) is 0 Å². The van der Waals surface area contributed by atoms with Crippen molar-refractivity contribution in [1.29, 1.82) is 0 Å². The van der Waals surface area contributed by atoms with Crippen molar-refractivity contribution < 1.29 is 13.9 Å². The van der Waals surface area contributed by atoms with Crippen LogP contribution >= 0.6 is 0 Å². The van der Waals surface area contributed by atoms with Crippen LogP contribution in [0.3, 0.4) is 0 Å². The van der Waals surface area contributed by atoms with Gasteiger partial charge in [-0.3, -0.25) is 0 Å². The molecular weight excluding hydrogens is 210 g/mol. The highest BCUT2D eigenvalue weighted by Gasteiger charge is 2.28. The Hall–Kier alpha value is -0.600. The van der Waals surface area contributed by atoms with Gasteiger partial charge in [0.2, 0.25) is 6.43 Å². The maximum atomic E-state index is 12.2. The highest BCUT2D eigenvalue weighted by Crippen LogP contribution is 2.39. The van der Waals surface area contributed by atoms with Crippen LogP contribution < -0.4 is 0 Å². The highest BCUT2D eigenvalue weighted by molar-refractivity contribution is 5.16. The van der Waals surface area contributed by atoms with Gasteiger partial charge in [0.1, 0.15) is 0 Å². The first-order chi connectivity index (χ1) is 7.66. The molecule has 1 nitrogen and oxygen atoms in total. The number of rotatable bonds is 3. The van der Waals surface area contributed by atoms with Crippen LogP contribution in [0.5, 0.6) is 0 Å². The molecule has 92 valence electrons. The monoisotopic (exact) mass is 230 g/mol. The van der Waals surface area contributed by atoms with Gasteiger partial charge < -0.3 is 5.11 Å². The Labute approximate surface area is 95.5 Å². The summed E-state index contributed by atoms with van der Waals surface area (Å²) in [6.45, 7) is 0. The molecule has 1 N–H and O–H groups in total. The molecule has 0 spiro atoms. The second-order valence-corrected chi connectivity index (χ2v) is 5.19. The molecule has 3 heteroatoms. The van der Waals surface area contributed by atoms with Crippen molar-refractivity contribution in [1.82, 2.24) is 0 Å². The molecular formula is C13H20F2O. The van der Waals surface area contributed by atoms with E-state index >= 15 is 0 Å². The average molecular weight is 230 g/mol. The summed E-state index contributed by atoms with van der Waals surface area (Å²) in [5.41, 5.74) is 1.22. The summed E-state index contributed by atoms with van der Waals surface area (Å²) in [6, 6.07) is 0. The predicted molar refractivity (Wildman–Crippen MR) is 59.6 cm³/mol. The molecule has 2 fully saturated rings. The van der Waals surface area contributed by atoms with E-state index < -0.39 is 6.43 Å². The Morgan fingerprint density at radius 2 is 1.81 bits per heavy atom. The largest absolute Gasteiger partial charge is 0.512 e. The predicted octanol–water partition coefficient (Wildman–Crippen LogP) is 4.44. The van der Waals surface area contributed by atoms with Crippen LogP contribution in [0.15, 0.2) is 11.3 Å². The lowest BCUT2D eigenvalue weighted by Gasteiger charge is -2.30. The van der Waals surface area contributed by atoms with E-state index in [1.54, 1.807) is 0 Å². The Kier molecular flexibility index (Phi) is 3.82. The standard InChI is InChI=1S/C13H20F2O/c14-12(15)8-9-4-6-11(7-5-9)13(16)10-2-1-3-10/h9,11-12,16H,1-8H2. The van der Waals surface area contributed by atoms with Crippen molar-refractivity contribution in [3.63, 3.8) is 0 Å². The van der Waals surface area contributed by atoms with Gasteiger partial charge in [-0.05, 0) is 56.4 Å². The Morgan fingerprint density at radius 1 is 1.19 bits per heavy atom. The minimum atomic E-state index is -2.17. The number of aliphatic hydroxyl groups excluding tert-OH is 1. The zero-order valence-corrected chi connectivity index (χ0v) is 9.59. The summed E-state index contributed by atoms with van der Waals surface area (Å²) < 4.78 is 24.4. The van der Waals surface area contributed by atoms with Gasteiger partial charge in [-0.1, -0.05) is 0 Å². The number of hydrogen-bond acceptors (Lipinski definition) is 1.